The summed E-state index contributed by atoms with van der Waals surface area (Å²) in [4.78, 5) is 0. The van der Waals surface area contributed by atoms with Crippen LogP contribution >= 0.6 is 0 Å². The second-order valence-electron chi connectivity index (χ2n) is 3.79. The van der Waals surface area contributed by atoms with Gasteiger partial charge in [0.15, 0.2) is 0 Å². The molecule has 0 aliphatic rings. The number of rotatable bonds is 3. The monoisotopic (exact) mass is 229 g/mol. The molecule has 2 aromatic carbocycles. The smallest absolute Gasteiger partial charge is 0.123 e. The zero-order valence-electron chi connectivity index (χ0n) is 9.68. The van der Waals surface area contributed by atoms with Crippen LogP contribution in [0.3, 0.4) is 0 Å². The molecule has 3 nitrogen and oxygen atoms in total. The minimum Gasteiger partial charge on any atom is -0.507 e. The van der Waals surface area contributed by atoms with E-state index in [9.17, 15) is 5.11 Å². The Morgan fingerprint density at radius 1 is 1.18 bits per heavy atom. The van der Waals surface area contributed by atoms with Gasteiger partial charge >= 0.3 is 0 Å². The van der Waals surface area contributed by atoms with E-state index < -0.39 is 0 Å². The Labute approximate surface area is 100 Å². The first-order chi connectivity index (χ1) is 8.24. The minimum absolute atomic E-state index is 0.246. The molecule has 0 heterocycles. The Morgan fingerprint density at radius 2 is 2.00 bits per heavy atom. The summed E-state index contributed by atoms with van der Waals surface area (Å²) in [5.74, 6) is 1.01. The van der Waals surface area contributed by atoms with E-state index in [4.69, 9.17) is 10.5 Å². The van der Waals surface area contributed by atoms with Gasteiger partial charge in [0, 0.05) is 12.1 Å². The van der Waals surface area contributed by atoms with Crippen molar-refractivity contribution in [1.29, 1.82) is 0 Å². The summed E-state index contributed by atoms with van der Waals surface area (Å²) in [5, 5.41) is 9.87. The van der Waals surface area contributed by atoms with Crippen LogP contribution in [0.25, 0.3) is 11.1 Å². The van der Waals surface area contributed by atoms with Crippen LogP contribution < -0.4 is 10.5 Å². The van der Waals surface area contributed by atoms with Crippen molar-refractivity contribution < 1.29 is 9.84 Å². The molecule has 0 saturated heterocycles. The maximum absolute atomic E-state index is 9.87. The molecule has 0 atom stereocenters. The second kappa shape index (κ2) is 4.89. The van der Waals surface area contributed by atoms with Crippen molar-refractivity contribution >= 4 is 0 Å². The first kappa shape index (κ1) is 11.5. The predicted molar refractivity (Wildman–Crippen MR) is 68.0 cm³/mol. The Bertz CT molecular complexity index is 523. The van der Waals surface area contributed by atoms with E-state index in [2.05, 4.69) is 0 Å². The van der Waals surface area contributed by atoms with Crippen molar-refractivity contribution in [1.82, 2.24) is 0 Å². The highest BCUT2D eigenvalue weighted by atomic mass is 16.5. The van der Waals surface area contributed by atoms with E-state index >= 15 is 0 Å². The lowest BCUT2D eigenvalue weighted by Crippen LogP contribution is -1.96. The summed E-state index contributed by atoms with van der Waals surface area (Å²) in [6.07, 6.45) is 0. The Hall–Kier alpha value is -2.00. The standard InChI is InChI=1S/C14H15NO2/c1-17-12-4-2-3-11(8-12)13-7-10(9-15)5-6-14(13)16/h2-8,16H,9,15H2,1H3. The molecule has 0 unspecified atom stereocenters. The van der Waals surface area contributed by atoms with E-state index in [1.54, 1.807) is 13.2 Å². The number of aromatic hydroxyl groups is 1. The molecule has 3 N–H and O–H groups in total. The lowest BCUT2D eigenvalue weighted by atomic mass is 10.0. The zero-order valence-corrected chi connectivity index (χ0v) is 9.68. The summed E-state index contributed by atoms with van der Waals surface area (Å²) < 4.78 is 5.17. The zero-order chi connectivity index (χ0) is 12.3. The highest BCUT2D eigenvalue weighted by molar-refractivity contribution is 5.71. The molecule has 0 amide bonds. The van der Waals surface area contributed by atoms with Crippen molar-refractivity contribution in [3.63, 3.8) is 0 Å². The third kappa shape index (κ3) is 2.40. The normalized spacial score (nSPS) is 10.2. The van der Waals surface area contributed by atoms with Gasteiger partial charge < -0.3 is 15.6 Å². The summed E-state index contributed by atoms with van der Waals surface area (Å²) >= 11 is 0. The second-order valence-corrected chi connectivity index (χ2v) is 3.79. The predicted octanol–water partition coefficient (Wildman–Crippen LogP) is 2.53. The van der Waals surface area contributed by atoms with Crippen LogP contribution in [0.15, 0.2) is 42.5 Å². The van der Waals surface area contributed by atoms with Gasteiger partial charge in [-0.3, -0.25) is 0 Å². The summed E-state index contributed by atoms with van der Waals surface area (Å²) in [5.41, 5.74) is 8.27. The number of hydrogen-bond acceptors (Lipinski definition) is 3. The fourth-order valence-corrected chi connectivity index (χ4v) is 1.73. The number of hydrogen-bond donors (Lipinski definition) is 2. The molecule has 0 aliphatic heterocycles. The van der Waals surface area contributed by atoms with Gasteiger partial charge in [0.25, 0.3) is 0 Å². The Morgan fingerprint density at radius 3 is 2.71 bits per heavy atom. The van der Waals surface area contributed by atoms with Crippen LogP contribution in [-0.4, -0.2) is 12.2 Å². The quantitative estimate of drug-likeness (QED) is 0.850. The molecule has 88 valence electrons. The molecule has 0 aliphatic carbocycles. The minimum atomic E-state index is 0.246. The first-order valence-electron chi connectivity index (χ1n) is 5.41. The molecule has 2 aromatic rings. The van der Waals surface area contributed by atoms with Crippen molar-refractivity contribution in [3.8, 4) is 22.6 Å². The average Bonchev–Trinajstić information content (AvgIpc) is 2.39. The van der Waals surface area contributed by atoms with Crippen molar-refractivity contribution in [2.75, 3.05) is 7.11 Å². The van der Waals surface area contributed by atoms with E-state index in [1.807, 2.05) is 36.4 Å². The molecule has 0 saturated carbocycles. The maximum atomic E-state index is 9.87. The molecular weight excluding hydrogens is 214 g/mol. The molecule has 17 heavy (non-hydrogen) atoms. The van der Waals surface area contributed by atoms with Crippen LogP contribution in [0.4, 0.5) is 0 Å². The van der Waals surface area contributed by atoms with E-state index in [-0.39, 0.29) is 5.75 Å². The summed E-state index contributed by atoms with van der Waals surface area (Å²) in [7, 11) is 1.62. The number of benzene rings is 2. The van der Waals surface area contributed by atoms with Gasteiger partial charge in [-0.25, -0.2) is 0 Å². The van der Waals surface area contributed by atoms with Crippen LogP contribution in [0.2, 0.25) is 0 Å². The number of phenolic OH excluding ortho intramolecular Hbond substituents is 1. The van der Waals surface area contributed by atoms with E-state index in [1.165, 1.54) is 0 Å². The van der Waals surface area contributed by atoms with Crippen LogP contribution in [-0.2, 0) is 6.54 Å². The maximum Gasteiger partial charge on any atom is 0.123 e. The van der Waals surface area contributed by atoms with Gasteiger partial charge in [-0.2, -0.15) is 0 Å². The van der Waals surface area contributed by atoms with Gasteiger partial charge in [-0.05, 0) is 35.4 Å². The molecular formula is C14H15NO2. The topological polar surface area (TPSA) is 55.5 Å². The molecule has 0 radical (unpaired) electrons. The largest absolute Gasteiger partial charge is 0.507 e. The van der Waals surface area contributed by atoms with Crippen LogP contribution in [0.5, 0.6) is 11.5 Å². The molecule has 2 rings (SSSR count). The SMILES string of the molecule is COc1cccc(-c2cc(CN)ccc2O)c1. The van der Waals surface area contributed by atoms with Gasteiger partial charge in [-0.1, -0.05) is 18.2 Å². The van der Waals surface area contributed by atoms with E-state index in [0.717, 1.165) is 22.4 Å². The van der Waals surface area contributed by atoms with Crippen molar-refractivity contribution in [3.05, 3.63) is 48.0 Å². The highest BCUT2D eigenvalue weighted by Gasteiger charge is 2.06. The molecule has 0 spiro atoms. The number of nitrogens with two attached hydrogens (primary N) is 1. The third-order valence-corrected chi connectivity index (χ3v) is 2.68. The van der Waals surface area contributed by atoms with Gasteiger partial charge in [-0.15, -0.1) is 0 Å². The molecule has 0 aromatic heterocycles. The lowest BCUT2D eigenvalue weighted by Gasteiger charge is -2.08. The highest BCUT2D eigenvalue weighted by Crippen LogP contribution is 2.31. The number of phenols is 1. The molecule has 3 heteroatoms. The fourth-order valence-electron chi connectivity index (χ4n) is 1.73. The summed E-state index contributed by atoms with van der Waals surface area (Å²) in [6, 6.07) is 12.9. The number of ether oxygens (including phenoxy) is 1. The van der Waals surface area contributed by atoms with Gasteiger partial charge in [0.1, 0.15) is 11.5 Å². The van der Waals surface area contributed by atoms with Crippen LogP contribution in [0, 0.1) is 0 Å². The van der Waals surface area contributed by atoms with Crippen molar-refractivity contribution in [2.24, 2.45) is 5.73 Å². The van der Waals surface area contributed by atoms with Gasteiger partial charge in [0.05, 0.1) is 7.11 Å². The van der Waals surface area contributed by atoms with E-state index in [0.29, 0.717) is 6.54 Å². The third-order valence-electron chi connectivity index (χ3n) is 2.68. The molecule has 0 fully saturated rings. The average molecular weight is 229 g/mol. The van der Waals surface area contributed by atoms with Gasteiger partial charge in [0.2, 0.25) is 0 Å². The van der Waals surface area contributed by atoms with Crippen LogP contribution in [0.1, 0.15) is 5.56 Å². The Balaban J connectivity index is 2.50. The summed E-state index contributed by atoms with van der Waals surface area (Å²) in [6.45, 7) is 0.456. The fraction of sp³-hybridized carbons (Fsp3) is 0.143. The first-order valence-corrected chi connectivity index (χ1v) is 5.41. The number of methoxy groups -OCH3 is 1. The Kier molecular flexibility index (Phi) is 3.30. The lowest BCUT2D eigenvalue weighted by molar-refractivity contribution is 0.415. The van der Waals surface area contributed by atoms with Crippen molar-refractivity contribution in [2.45, 2.75) is 6.54 Å². The molecule has 0 bridgehead atoms.